The maximum atomic E-state index is 13.2. The van der Waals surface area contributed by atoms with Gasteiger partial charge in [0.15, 0.2) is 0 Å². The van der Waals surface area contributed by atoms with Gasteiger partial charge in [-0.2, -0.15) is 0 Å². The number of hydrogen-bond acceptors (Lipinski definition) is 7. The molecule has 1 heterocycles. The number of methoxy groups -OCH3 is 1. The molecule has 0 bridgehead atoms. The lowest BCUT2D eigenvalue weighted by atomic mass is 9.82. The van der Waals surface area contributed by atoms with E-state index >= 15 is 0 Å². The van der Waals surface area contributed by atoms with Crippen molar-refractivity contribution in [2.75, 3.05) is 21.2 Å². The van der Waals surface area contributed by atoms with Gasteiger partial charge in [-0.15, -0.1) is 0 Å². The Balaban J connectivity index is 2.84. The minimum atomic E-state index is -0.993. The van der Waals surface area contributed by atoms with Gasteiger partial charge >= 0.3 is 5.97 Å². The second-order valence-corrected chi connectivity index (χ2v) is 7.18. The molecular formula is C23H26N4O6. The van der Waals surface area contributed by atoms with Gasteiger partial charge in [-0.05, 0) is 13.8 Å². The van der Waals surface area contributed by atoms with Crippen LogP contribution >= 0.6 is 0 Å². The number of amides is 2. The fourth-order valence-corrected chi connectivity index (χ4v) is 3.52. The largest absolute Gasteiger partial charge is 0.466 e. The zero-order valence-electron chi connectivity index (χ0n) is 19.1. The topological polar surface area (TPSA) is 122 Å². The number of likely N-dealkylation sites (N-methyl/N-ethyl adjacent to an activating group) is 1. The highest BCUT2D eigenvalue weighted by Crippen LogP contribution is 2.40. The third-order valence-corrected chi connectivity index (χ3v) is 5.00. The van der Waals surface area contributed by atoms with Crippen molar-refractivity contribution in [1.82, 2.24) is 9.80 Å². The van der Waals surface area contributed by atoms with Crippen LogP contribution in [0, 0.1) is 10.1 Å². The van der Waals surface area contributed by atoms with E-state index in [4.69, 9.17) is 4.74 Å². The first kappa shape index (κ1) is 25.2. The van der Waals surface area contributed by atoms with Crippen LogP contribution in [0.1, 0.15) is 31.7 Å². The van der Waals surface area contributed by atoms with Crippen molar-refractivity contribution < 1.29 is 24.0 Å². The van der Waals surface area contributed by atoms with Gasteiger partial charge in [0.2, 0.25) is 0 Å². The van der Waals surface area contributed by atoms with E-state index in [1.807, 2.05) is 0 Å². The summed E-state index contributed by atoms with van der Waals surface area (Å²) >= 11 is 0. The number of ether oxygens (including phenoxy) is 1. The maximum Gasteiger partial charge on any atom is 0.336 e. The van der Waals surface area contributed by atoms with Crippen LogP contribution in [0.2, 0.25) is 0 Å². The molecule has 0 aliphatic carbocycles. The zero-order chi connectivity index (χ0) is 24.7. The molecule has 1 aromatic rings. The summed E-state index contributed by atoms with van der Waals surface area (Å²) in [4.78, 5) is 57.0. The Kier molecular flexibility index (Phi) is 8.38. The summed E-state index contributed by atoms with van der Waals surface area (Å²) in [7, 11) is 4.15. The molecule has 0 saturated carbocycles. The van der Waals surface area contributed by atoms with Crippen LogP contribution in [0.5, 0.6) is 0 Å². The molecule has 2 amide bonds. The molecule has 0 N–H and O–H groups in total. The number of nitro groups is 1. The van der Waals surface area contributed by atoms with E-state index in [0.29, 0.717) is 0 Å². The summed E-state index contributed by atoms with van der Waals surface area (Å²) in [6, 6.07) is 5.88. The Labute approximate surface area is 191 Å². The number of hydrogen-bond donors (Lipinski definition) is 0. The van der Waals surface area contributed by atoms with Crippen molar-refractivity contribution >= 4 is 29.2 Å². The minimum absolute atomic E-state index is 0.0105. The minimum Gasteiger partial charge on any atom is -0.466 e. The first-order valence-corrected chi connectivity index (χ1v) is 10.1. The van der Waals surface area contributed by atoms with Crippen LogP contribution in [0.15, 0.2) is 65.1 Å². The highest BCUT2D eigenvalue weighted by atomic mass is 16.6. The van der Waals surface area contributed by atoms with Gasteiger partial charge in [0.25, 0.3) is 17.5 Å². The SMILES string of the molecule is CC=CN(C)C(=O)C1=NC(C(=O)N(C)C=CC)=C(C(=O)OC)C(c2ccccc2[N+](=O)[O-])C1. The van der Waals surface area contributed by atoms with E-state index < -0.39 is 28.6 Å². The average molecular weight is 454 g/mol. The molecule has 1 aliphatic rings. The second kappa shape index (κ2) is 11.0. The number of allylic oxidation sites excluding steroid dienone is 2. The van der Waals surface area contributed by atoms with Crippen LogP contribution < -0.4 is 0 Å². The number of benzene rings is 1. The van der Waals surface area contributed by atoms with Crippen LogP contribution in [0.3, 0.4) is 0 Å². The van der Waals surface area contributed by atoms with Crippen LogP contribution in [-0.4, -0.2) is 59.4 Å². The van der Waals surface area contributed by atoms with Crippen molar-refractivity contribution in [3.05, 3.63) is 75.8 Å². The molecule has 0 radical (unpaired) electrons. The maximum absolute atomic E-state index is 13.2. The lowest BCUT2D eigenvalue weighted by molar-refractivity contribution is -0.385. The summed E-state index contributed by atoms with van der Waals surface area (Å²) in [6.45, 7) is 3.44. The Bertz CT molecular complexity index is 1090. The second-order valence-electron chi connectivity index (χ2n) is 7.18. The van der Waals surface area contributed by atoms with Gasteiger partial charge in [0.1, 0.15) is 11.4 Å². The van der Waals surface area contributed by atoms with Gasteiger partial charge in [-0.3, -0.25) is 19.7 Å². The van der Waals surface area contributed by atoms with Gasteiger partial charge in [0.05, 0.1) is 17.6 Å². The van der Waals surface area contributed by atoms with Crippen molar-refractivity contribution in [2.24, 2.45) is 4.99 Å². The third kappa shape index (κ3) is 5.40. The lowest BCUT2D eigenvalue weighted by Gasteiger charge is -2.27. The molecule has 174 valence electrons. The number of carbonyl (C=O) groups excluding carboxylic acids is 3. The first-order chi connectivity index (χ1) is 15.7. The number of nitro benzene ring substituents is 1. The molecular weight excluding hydrogens is 428 g/mol. The van der Waals surface area contributed by atoms with E-state index in [9.17, 15) is 24.5 Å². The van der Waals surface area contributed by atoms with E-state index in [1.165, 1.54) is 54.5 Å². The summed E-state index contributed by atoms with van der Waals surface area (Å²) < 4.78 is 4.91. The Hall–Kier alpha value is -4.08. The smallest absolute Gasteiger partial charge is 0.336 e. The van der Waals surface area contributed by atoms with E-state index in [-0.39, 0.29) is 34.7 Å². The average Bonchev–Trinajstić information content (AvgIpc) is 2.81. The molecule has 0 spiro atoms. The fourth-order valence-electron chi connectivity index (χ4n) is 3.52. The standard InChI is InChI=1S/C23H26N4O6/c1-6-12-25(3)21(28)17-14-16(15-10-8-9-11-18(15)27(31)32)19(23(30)33-5)20(24-17)22(29)26(4)13-7-2/h6-13,16H,14H2,1-5H3. The number of carbonyl (C=O) groups is 3. The molecule has 1 aromatic carbocycles. The quantitative estimate of drug-likeness (QED) is 0.355. The number of rotatable bonds is 7. The molecule has 0 fully saturated rings. The lowest BCUT2D eigenvalue weighted by Crippen LogP contribution is -2.36. The summed E-state index contributed by atoms with van der Waals surface area (Å²) in [5, 5.41) is 11.7. The predicted molar refractivity (Wildman–Crippen MR) is 122 cm³/mol. The van der Waals surface area contributed by atoms with Crippen molar-refractivity contribution in [3.8, 4) is 0 Å². The summed E-state index contributed by atoms with van der Waals surface area (Å²) in [5.74, 6) is -3.00. The highest BCUT2D eigenvalue weighted by Gasteiger charge is 2.40. The molecule has 2 rings (SSSR count). The van der Waals surface area contributed by atoms with Crippen molar-refractivity contribution in [2.45, 2.75) is 26.2 Å². The molecule has 0 aromatic heterocycles. The van der Waals surface area contributed by atoms with Crippen LogP contribution in [0.25, 0.3) is 0 Å². The van der Waals surface area contributed by atoms with Gasteiger partial charge in [0, 0.05) is 50.5 Å². The monoisotopic (exact) mass is 454 g/mol. The zero-order valence-corrected chi connectivity index (χ0v) is 19.1. The Morgan fingerprint density at radius 2 is 1.67 bits per heavy atom. The van der Waals surface area contributed by atoms with E-state index in [2.05, 4.69) is 4.99 Å². The van der Waals surface area contributed by atoms with E-state index in [1.54, 1.807) is 32.1 Å². The Morgan fingerprint density at radius 1 is 1.09 bits per heavy atom. The van der Waals surface area contributed by atoms with Crippen LogP contribution in [-0.2, 0) is 19.1 Å². The normalized spacial score (nSPS) is 16.0. The third-order valence-electron chi connectivity index (χ3n) is 5.00. The van der Waals surface area contributed by atoms with Gasteiger partial charge in [-0.1, -0.05) is 30.4 Å². The molecule has 33 heavy (non-hydrogen) atoms. The number of aliphatic imine (C=N–C) groups is 1. The first-order valence-electron chi connectivity index (χ1n) is 10.1. The summed E-state index contributed by atoms with van der Waals surface area (Å²) in [5.41, 5.74) is -0.514. The molecule has 10 heteroatoms. The summed E-state index contributed by atoms with van der Waals surface area (Å²) in [6.07, 6.45) is 6.15. The highest BCUT2D eigenvalue weighted by molar-refractivity contribution is 6.40. The molecule has 1 aliphatic heterocycles. The molecule has 1 unspecified atom stereocenters. The van der Waals surface area contributed by atoms with E-state index in [0.717, 1.165) is 7.11 Å². The van der Waals surface area contributed by atoms with Crippen LogP contribution in [0.4, 0.5) is 5.69 Å². The number of para-hydroxylation sites is 1. The van der Waals surface area contributed by atoms with Crippen molar-refractivity contribution in [3.63, 3.8) is 0 Å². The van der Waals surface area contributed by atoms with Gasteiger partial charge < -0.3 is 14.5 Å². The van der Waals surface area contributed by atoms with Crippen molar-refractivity contribution in [1.29, 1.82) is 0 Å². The molecule has 0 saturated heterocycles. The van der Waals surface area contributed by atoms with Gasteiger partial charge in [-0.25, -0.2) is 9.79 Å². The fraction of sp³-hybridized carbons (Fsp3) is 0.304. The number of nitrogens with zero attached hydrogens (tertiary/aromatic N) is 4. The molecule has 1 atom stereocenters. The predicted octanol–water partition coefficient (Wildman–Crippen LogP) is 2.93. The molecule has 10 nitrogen and oxygen atoms in total. The number of esters is 1. The Morgan fingerprint density at radius 3 is 2.21 bits per heavy atom.